The van der Waals surface area contributed by atoms with E-state index in [0.717, 1.165) is 25.4 Å². The van der Waals surface area contributed by atoms with Gasteiger partial charge in [-0.3, -0.25) is 9.69 Å². The highest BCUT2D eigenvalue weighted by Gasteiger charge is 2.28. The lowest BCUT2D eigenvalue weighted by Crippen LogP contribution is -2.49. The molecular weight excluding hydrogens is 466 g/mol. The molecule has 0 saturated carbocycles. The summed E-state index contributed by atoms with van der Waals surface area (Å²) in [6.45, 7) is 5.37. The molecule has 0 N–H and O–H groups in total. The zero-order chi connectivity index (χ0) is 23.3. The maximum atomic E-state index is 13.0. The summed E-state index contributed by atoms with van der Waals surface area (Å²) in [5.74, 6) is 0.631. The second-order valence-electron chi connectivity index (χ2n) is 7.98. The lowest BCUT2D eigenvalue weighted by atomic mass is 10.2. The van der Waals surface area contributed by atoms with Crippen LogP contribution in [0.5, 0.6) is 5.75 Å². The average molecular weight is 494 g/mol. The first kappa shape index (κ1) is 24.0. The fourth-order valence-corrected chi connectivity index (χ4v) is 5.49. The Morgan fingerprint density at radius 2 is 1.67 bits per heavy atom. The molecule has 2 heterocycles. The summed E-state index contributed by atoms with van der Waals surface area (Å²) in [4.78, 5) is 17.2. The molecule has 2 fully saturated rings. The van der Waals surface area contributed by atoms with Crippen LogP contribution < -0.4 is 4.74 Å². The molecular formula is C23H28ClN3O5S. The number of carbonyl (C=O) groups is 1. The largest absolute Gasteiger partial charge is 0.492 e. The van der Waals surface area contributed by atoms with Gasteiger partial charge in [0.15, 0.2) is 0 Å². The number of hydrogen-bond donors (Lipinski definition) is 0. The van der Waals surface area contributed by atoms with Crippen molar-refractivity contribution in [2.24, 2.45) is 0 Å². The lowest BCUT2D eigenvalue weighted by Gasteiger charge is -2.34. The quantitative estimate of drug-likeness (QED) is 0.588. The number of benzene rings is 2. The fourth-order valence-electron chi connectivity index (χ4n) is 3.91. The minimum atomic E-state index is -3.64. The fraction of sp³-hybridized carbons (Fsp3) is 0.435. The second-order valence-corrected chi connectivity index (χ2v) is 10.4. The minimum absolute atomic E-state index is 0.147. The van der Waals surface area contributed by atoms with Gasteiger partial charge in [0.05, 0.1) is 18.1 Å². The molecule has 1 amide bonds. The number of piperazine rings is 1. The van der Waals surface area contributed by atoms with Crippen LogP contribution in [-0.4, -0.2) is 94.1 Å². The molecule has 8 nitrogen and oxygen atoms in total. The smallest absolute Gasteiger partial charge is 0.253 e. The lowest BCUT2D eigenvalue weighted by molar-refractivity contribution is 0.0620. The first-order valence-electron chi connectivity index (χ1n) is 11.0. The van der Waals surface area contributed by atoms with Gasteiger partial charge in [-0.05, 0) is 42.5 Å². The molecule has 2 aliphatic heterocycles. The van der Waals surface area contributed by atoms with Crippen LogP contribution in [0, 0.1) is 0 Å². The molecule has 2 saturated heterocycles. The van der Waals surface area contributed by atoms with Crippen LogP contribution in [0.2, 0.25) is 5.02 Å². The maximum absolute atomic E-state index is 13.0. The SMILES string of the molecule is O=C(c1cccc(S(=O)(=O)N2CCOCC2)c1)N1CCN(CCOc2ccc(Cl)cc2)CC1. The van der Waals surface area contributed by atoms with Crippen molar-refractivity contribution in [1.82, 2.24) is 14.1 Å². The van der Waals surface area contributed by atoms with E-state index in [4.69, 9.17) is 21.1 Å². The van der Waals surface area contributed by atoms with Crippen molar-refractivity contribution in [2.75, 3.05) is 65.6 Å². The molecule has 0 spiro atoms. The Hall–Kier alpha value is -2.17. The molecule has 2 aliphatic rings. The van der Waals surface area contributed by atoms with Gasteiger partial charge in [-0.15, -0.1) is 0 Å². The third kappa shape index (κ3) is 6.04. The van der Waals surface area contributed by atoms with Crippen LogP contribution >= 0.6 is 11.6 Å². The van der Waals surface area contributed by atoms with Gasteiger partial charge in [-0.2, -0.15) is 4.31 Å². The highest BCUT2D eigenvalue weighted by molar-refractivity contribution is 7.89. The van der Waals surface area contributed by atoms with Gasteiger partial charge in [0, 0.05) is 56.4 Å². The summed E-state index contributed by atoms with van der Waals surface area (Å²) in [7, 11) is -3.64. The zero-order valence-corrected chi connectivity index (χ0v) is 19.9. The Balaban J connectivity index is 1.29. The third-order valence-electron chi connectivity index (χ3n) is 5.84. The maximum Gasteiger partial charge on any atom is 0.253 e. The summed E-state index contributed by atoms with van der Waals surface area (Å²) in [5, 5.41) is 0.673. The first-order chi connectivity index (χ1) is 15.9. The number of rotatable bonds is 7. The molecule has 33 heavy (non-hydrogen) atoms. The van der Waals surface area contributed by atoms with E-state index in [-0.39, 0.29) is 10.8 Å². The monoisotopic (exact) mass is 493 g/mol. The number of carbonyl (C=O) groups excluding carboxylic acids is 1. The van der Waals surface area contributed by atoms with E-state index in [1.165, 1.54) is 10.4 Å². The summed E-state index contributed by atoms with van der Waals surface area (Å²) < 4.78 is 38.3. The van der Waals surface area contributed by atoms with Crippen molar-refractivity contribution in [3.8, 4) is 5.75 Å². The van der Waals surface area contributed by atoms with Crippen LogP contribution in [0.4, 0.5) is 0 Å². The molecule has 2 aromatic rings. The van der Waals surface area contributed by atoms with Crippen molar-refractivity contribution < 1.29 is 22.7 Å². The van der Waals surface area contributed by atoms with Crippen molar-refractivity contribution in [1.29, 1.82) is 0 Å². The van der Waals surface area contributed by atoms with Crippen LogP contribution in [-0.2, 0) is 14.8 Å². The molecule has 4 rings (SSSR count). The molecule has 0 atom stereocenters. The van der Waals surface area contributed by atoms with Gasteiger partial charge < -0.3 is 14.4 Å². The number of morpholine rings is 1. The number of ether oxygens (including phenoxy) is 2. The first-order valence-corrected chi connectivity index (χ1v) is 12.8. The van der Waals surface area contributed by atoms with Crippen molar-refractivity contribution in [3.05, 3.63) is 59.1 Å². The molecule has 0 aliphatic carbocycles. The van der Waals surface area contributed by atoms with E-state index in [1.807, 2.05) is 12.1 Å². The number of halogens is 1. The molecule has 10 heteroatoms. The second kappa shape index (κ2) is 10.8. The van der Waals surface area contributed by atoms with E-state index in [0.29, 0.717) is 56.6 Å². The Bertz CT molecular complexity index is 1050. The van der Waals surface area contributed by atoms with Gasteiger partial charge in [-0.25, -0.2) is 8.42 Å². The summed E-state index contributed by atoms with van der Waals surface area (Å²) in [6, 6.07) is 13.6. The topological polar surface area (TPSA) is 79.4 Å². The molecule has 2 aromatic carbocycles. The average Bonchev–Trinajstić information content (AvgIpc) is 2.86. The van der Waals surface area contributed by atoms with E-state index < -0.39 is 10.0 Å². The van der Waals surface area contributed by atoms with Gasteiger partial charge in [-0.1, -0.05) is 17.7 Å². The highest BCUT2D eigenvalue weighted by atomic mass is 35.5. The standard InChI is InChI=1S/C23H28ClN3O5S/c24-20-4-6-21(7-5-20)32-17-12-25-8-10-26(11-9-25)23(28)19-2-1-3-22(18-19)33(29,30)27-13-15-31-16-14-27/h1-7,18H,8-17H2. The van der Waals surface area contributed by atoms with Crippen LogP contribution in [0.15, 0.2) is 53.4 Å². The zero-order valence-electron chi connectivity index (χ0n) is 18.4. The van der Waals surface area contributed by atoms with Gasteiger partial charge >= 0.3 is 0 Å². The number of nitrogens with zero attached hydrogens (tertiary/aromatic N) is 3. The summed E-state index contributed by atoms with van der Waals surface area (Å²) in [5.41, 5.74) is 0.392. The van der Waals surface area contributed by atoms with Crippen LogP contribution in [0.3, 0.4) is 0 Å². The predicted octanol–water partition coefficient (Wildman–Crippen LogP) is 2.20. The van der Waals surface area contributed by atoms with Gasteiger partial charge in [0.2, 0.25) is 10.0 Å². The van der Waals surface area contributed by atoms with Crippen molar-refractivity contribution in [2.45, 2.75) is 4.90 Å². The Labute approximate surface area is 199 Å². The Kier molecular flexibility index (Phi) is 7.87. The highest BCUT2D eigenvalue weighted by Crippen LogP contribution is 2.20. The number of hydrogen-bond acceptors (Lipinski definition) is 6. The van der Waals surface area contributed by atoms with Crippen molar-refractivity contribution >= 4 is 27.5 Å². The molecule has 0 unspecified atom stereocenters. The normalized spacial score (nSPS) is 18.3. The van der Waals surface area contributed by atoms with Crippen LogP contribution in [0.25, 0.3) is 0 Å². The predicted molar refractivity (Wildman–Crippen MR) is 125 cm³/mol. The van der Waals surface area contributed by atoms with E-state index >= 15 is 0 Å². The minimum Gasteiger partial charge on any atom is -0.492 e. The number of sulfonamides is 1. The molecule has 178 valence electrons. The molecule has 0 bridgehead atoms. The third-order valence-corrected chi connectivity index (χ3v) is 7.98. The summed E-state index contributed by atoms with van der Waals surface area (Å²) in [6.07, 6.45) is 0. The number of amides is 1. The van der Waals surface area contributed by atoms with Gasteiger partial charge in [0.25, 0.3) is 5.91 Å². The van der Waals surface area contributed by atoms with Crippen LogP contribution in [0.1, 0.15) is 10.4 Å². The molecule has 0 radical (unpaired) electrons. The Morgan fingerprint density at radius 1 is 0.970 bits per heavy atom. The summed E-state index contributed by atoms with van der Waals surface area (Å²) >= 11 is 5.88. The van der Waals surface area contributed by atoms with E-state index in [2.05, 4.69) is 4.90 Å². The van der Waals surface area contributed by atoms with Gasteiger partial charge in [0.1, 0.15) is 12.4 Å². The van der Waals surface area contributed by atoms with E-state index in [1.54, 1.807) is 35.2 Å². The van der Waals surface area contributed by atoms with Crippen molar-refractivity contribution in [3.63, 3.8) is 0 Å². The Morgan fingerprint density at radius 3 is 2.36 bits per heavy atom. The van der Waals surface area contributed by atoms with E-state index in [9.17, 15) is 13.2 Å². The molecule has 0 aromatic heterocycles.